The van der Waals surface area contributed by atoms with Gasteiger partial charge < -0.3 is 8.83 Å². The number of hydrogen-bond donors (Lipinski definition) is 0. The molecule has 5 nitrogen and oxygen atoms in total. The van der Waals surface area contributed by atoms with Crippen LogP contribution in [0.1, 0.15) is 0 Å². The third kappa shape index (κ3) is 5.45. The molecular weight excluding hydrogens is 687 g/mol. The van der Waals surface area contributed by atoms with Crippen molar-refractivity contribution in [3.05, 3.63) is 188 Å². The Hall–Kier alpha value is -7.63. The molecule has 0 amide bonds. The molecule has 0 bridgehead atoms. The Bertz CT molecular complexity index is 3180. The van der Waals surface area contributed by atoms with Crippen molar-refractivity contribution in [1.29, 1.82) is 0 Å². The third-order valence-corrected chi connectivity index (χ3v) is 10.5. The number of aromatic nitrogens is 3. The van der Waals surface area contributed by atoms with Gasteiger partial charge in [0.1, 0.15) is 22.3 Å². The highest BCUT2D eigenvalue weighted by molar-refractivity contribution is 6.16. The fraction of sp³-hybridized carbons (Fsp3) is 0. The molecule has 0 N–H and O–H groups in total. The number of furan rings is 2. The summed E-state index contributed by atoms with van der Waals surface area (Å²) in [6.45, 7) is 0. The summed E-state index contributed by atoms with van der Waals surface area (Å²) in [6.07, 6.45) is 0. The second-order valence-corrected chi connectivity index (χ2v) is 14.0. The number of hydrogen-bond acceptors (Lipinski definition) is 5. The van der Waals surface area contributed by atoms with E-state index >= 15 is 0 Å². The largest absolute Gasteiger partial charge is 0.456 e. The molecule has 0 aliphatic carbocycles. The molecule has 3 heterocycles. The first-order valence-electron chi connectivity index (χ1n) is 18.7. The number of rotatable bonds is 6. The molecule has 0 fully saturated rings. The summed E-state index contributed by atoms with van der Waals surface area (Å²) < 4.78 is 13.0. The molecule has 5 heteroatoms. The van der Waals surface area contributed by atoms with E-state index in [0.717, 1.165) is 93.9 Å². The van der Waals surface area contributed by atoms with Crippen LogP contribution < -0.4 is 0 Å². The average molecular weight is 718 g/mol. The topological polar surface area (TPSA) is 65.0 Å². The van der Waals surface area contributed by atoms with Gasteiger partial charge in [0.05, 0.1) is 5.56 Å². The Kier molecular flexibility index (Phi) is 7.42. The number of para-hydroxylation sites is 2. The first-order valence-corrected chi connectivity index (χ1v) is 18.7. The van der Waals surface area contributed by atoms with Crippen LogP contribution in [0.3, 0.4) is 0 Å². The van der Waals surface area contributed by atoms with E-state index in [1.165, 1.54) is 0 Å². The van der Waals surface area contributed by atoms with Crippen LogP contribution in [-0.2, 0) is 0 Å². The van der Waals surface area contributed by atoms with Crippen LogP contribution in [0.2, 0.25) is 0 Å². The Labute approximate surface area is 322 Å². The maximum absolute atomic E-state index is 6.76. The molecule has 0 saturated carbocycles. The van der Waals surface area contributed by atoms with Gasteiger partial charge in [-0.1, -0.05) is 140 Å². The number of benzene rings is 8. The highest BCUT2D eigenvalue weighted by Crippen LogP contribution is 2.42. The predicted molar refractivity (Wildman–Crippen MR) is 227 cm³/mol. The normalized spacial score (nSPS) is 11.6. The Morgan fingerprint density at radius 1 is 0.286 bits per heavy atom. The lowest BCUT2D eigenvalue weighted by Crippen LogP contribution is -2.00. The van der Waals surface area contributed by atoms with Gasteiger partial charge >= 0.3 is 0 Å². The van der Waals surface area contributed by atoms with Crippen LogP contribution in [0.25, 0.3) is 111 Å². The molecule has 0 aliphatic heterocycles. The Morgan fingerprint density at radius 2 is 0.821 bits per heavy atom. The molecule has 3 aromatic heterocycles. The van der Waals surface area contributed by atoms with Gasteiger partial charge in [-0.2, -0.15) is 0 Å². The molecule has 0 unspecified atom stereocenters. The summed E-state index contributed by atoms with van der Waals surface area (Å²) in [5, 5.41) is 4.22. The van der Waals surface area contributed by atoms with E-state index in [0.29, 0.717) is 17.5 Å². The van der Waals surface area contributed by atoms with Crippen molar-refractivity contribution in [2.45, 2.75) is 0 Å². The molecular formula is C51H31N3O2. The lowest BCUT2D eigenvalue weighted by molar-refractivity contribution is 0.668. The molecule has 11 aromatic rings. The summed E-state index contributed by atoms with van der Waals surface area (Å²) in [4.78, 5) is 15.5. The van der Waals surface area contributed by atoms with Crippen molar-refractivity contribution in [2.75, 3.05) is 0 Å². The summed E-state index contributed by atoms with van der Waals surface area (Å²) in [6, 6.07) is 64.5. The fourth-order valence-corrected chi connectivity index (χ4v) is 7.85. The van der Waals surface area contributed by atoms with Gasteiger partial charge in [-0.25, -0.2) is 15.0 Å². The van der Waals surface area contributed by atoms with Gasteiger partial charge in [-0.05, 0) is 81.9 Å². The number of nitrogens with zero attached hydrogens (tertiary/aromatic N) is 3. The van der Waals surface area contributed by atoms with E-state index in [1.54, 1.807) is 0 Å². The highest BCUT2D eigenvalue weighted by atomic mass is 16.3. The van der Waals surface area contributed by atoms with Crippen molar-refractivity contribution >= 4 is 43.9 Å². The Morgan fingerprint density at radius 3 is 1.55 bits per heavy atom. The van der Waals surface area contributed by atoms with Gasteiger partial charge in [0, 0.05) is 32.7 Å². The SMILES string of the molecule is c1ccc(-c2cc(-c3ccccc3)cc(-c3nc(-c4ccccc4)nc(-c4cccc5c4oc4cccc(-c6ccc7c(c6)oc6ccccc67)c45)n3)c2)cc1. The van der Waals surface area contributed by atoms with Crippen molar-refractivity contribution < 1.29 is 8.83 Å². The van der Waals surface area contributed by atoms with E-state index in [4.69, 9.17) is 23.8 Å². The lowest BCUT2D eigenvalue weighted by Gasteiger charge is -2.12. The van der Waals surface area contributed by atoms with Crippen molar-refractivity contribution in [2.24, 2.45) is 0 Å². The van der Waals surface area contributed by atoms with Gasteiger partial charge in [0.25, 0.3) is 0 Å². The monoisotopic (exact) mass is 717 g/mol. The zero-order valence-electron chi connectivity index (χ0n) is 30.1. The number of fused-ring (bicyclic) bond motifs is 6. The minimum atomic E-state index is 0.537. The first-order chi connectivity index (χ1) is 27.7. The van der Waals surface area contributed by atoms with Gasteiger partial charge in [0.2, 0.25) is 0 Å². The zero-order chi connectivity index (χ0) is 37.0. The van der Waals surface area contributed by atoms with Crippen LogP contribution in [0.15, 0.2) is 197 Å². The van der Waals surface area contributed by atoms with Crippen LogP contribution in [0.5, 0.6) is 0 Å². The average Bonchev–Trinajstić information content (AvgIpc) is 3.85. The van der Waals surface area contributed by atoms with Crippen LogP contribution in [0.4, 0.5) is 0 Å². The summed E-state index contributed by atoms with van der Waals surface area (Å²) in [7, 11) is 0. The second-order valence-electron chi connectivity index (χ2n) is 14.0. The van der Waals surface area contributed by atoms with Crippen LogP contribution in [0, 0.1) is 0 Å². The maximum atomic E-state index is 6.76. The first kappa shape index (κ1) is 31.9. The predicted octanol–water partition coefficient (Wildman–Crippen LogP) is 13.7. The lowest BCUT2D eigenvalue weighted by atomic mass is 9.96. The molecule has 262 valence electrons. The van der Waals surface area contributed by atoms with E-state index < -0.39 is 0 Å². The second kappa shape index (κ2) is 13.0. The molecule has 0 radical (unpaired) electrons. The Balaban J connectivity index is 1.11. The van der Waals surface area contributed by atoms with E-state index in [-0.39, 0.29) is 0 Å². The highest BCUT2D eigenvalue weighted by Gasteiger charge is 2.21. The minimum Gasteiger partial charge on any atom is -0.456 e. The quantitative estimate of drug-likeness (QED) is 0.171. The summed E-state index contributed by atoms with van der Waals surface area (Å²) >= 11 is 0. The van der Waals surface area contributed by atoms with E-state index in [2.05, 4.69) is 109 Å². The molecule has 0 spiro atoms. The molecule has 0 aliphatic rings. The molecule has 0 atom stereocenters. The van der Waals surface area contributed by atoms with Crippen molar-refractivity contribution in [3.8, 4) is 67.5 Å². The van der Waals surface area contributed by atoms with Crippen LogP contribution in [-0.4, -0.2) is 15.0 Å². The van der Waals surface area contributed by atoms with Gasteiger partial charge in [-0.3, -0.25) is 0 Å². The van der Waals surface area contributed by atoms with Crippen LogP contribution >= 0.6 is 0 Å². The third-order valence-electron chi connectivity index (χ3n) is 10.5. The molecule has 56 heavy (non-hydrogen) atoms. The van der Waals surface area contributed by atoms with E-state index in [9.17, 15) is 0 Å². The van der Waals surface area contributed by atoms with Gasteiger partial charge in [0.15, 0.2) is 17.5 Å². The minimum absolute atomic E-state index is 0.537. The molecule has 11 rings (SSSR count). The van der Waals surface area contributed by atoms with Crippen molar-refractivity contribution in [3.63, 3.8) is 0 Å². The standard InChI is InChI=1S/C51H31N3O2/c1-4-14-32(15-5-1)36-28-37(33-16-6-2-7-17-33)30-38(29-36)50-52-49(34-18-8-3-9-19-34)53-51(54-50)43-23-12-22-42-47-39(21-13-25-45(47)56-48(42)43)35-26-27-41-40-20-10-11-24-44(40)55-46(41)31-35/h1-31H. The summed E-state index contributed by atoms with van der Waals surface area (Å²) in [5.41, 5.74) is 12.3. The van der Waals surface area contributed by atoms with Gasteiger partial charge in [-0.15, -0.1) is 0 Å². The smallest absolute Gasteiger partial charge is 0.167 e. The zero-order valence-corrected chi connectivity index (χ0v) is 30.1. The van der Waals surface area contributed by atoms with E-state index in [1.807, 2.05) is 78.9 Å². The fourth-order valence-electron chi connectivity index (χ4n) is 7.85. The molecule has 8 aromatic carbocycles. The molecule has 0 saturated heterocycles. The maximum Gasteiger partial charge on any atom is 0.167 e. The van der Waals surface area contributed by atoms with Crippen molar-refractivity contribution in [1.82, 2.24) is 15.0 Å². The summed E-state index contributed by atoms with van der Waals surface area (Å²) in [5.74, 6) is 1.71.